The Bertz CT molecular complexity index is 3090. The fraction of sp³-hybridized carbons (Fsp3) is 0.377. The van der Waals surface area contributed by atoms with Crippen LogP contribution in [-0.4, -0.2) is 131 Å². The molecule has 7 atom stereocenters. The van der Waals surface area contributed by atoms with Crippen LogP contribution in [0.4, 0.5) is 4.79 Å². The zero-order valence-corrected chi connectivity index (χ0v) is 45.2. The lowest BCUT2D eigenvalue weighted by atomic mass is 9.90. The van der Waals surface area contributed by atoms with Gasteiger partial charge in [-0.1, -0.05) is 84.9 Å². The van der Waals surface area contributed by atoms with Crippen LogP contribution in [0, 0.1) is 5.92 Å². The van der Waals surface area contributed by atoms with Crippen molar-refractivity contribution < 1.29 is 43.0 Å². The Morgan fingerprint density at radius 3 is 1.96 bits per heavy atom. The van der Waals surface area contributed by atoms with E-state index in [-0.39, 0.29) is 70.5 Å². The third-order valence-electron chi connectivity index (χ3n) is 15.2. The van der Waals surface area contributed by atoms with E-state index < -0.39 is 83.9 Å². The number of nitrogens with zero attached hydrogens (tertiary/aromatic N) is 2. The molecule has 6 aromatic rings. The van der Waals surface area contributed by atoms with Crippen molar-refractivity contribution in [3.63, 3.8) is 0 Å². The van der Waals surface area contributed by atoms with Gasteiger partial charge in [0, 0.05) is 61.8 Å². The summed E-state index contributed by atoms with van der Waals surface area (Å²) in [4.78, 5) is 113. The van der Waals surface area contributed by atoms with Crippen molar-refractivity contribution in [2.45, 2.75) is 107 Å². The maximum Gasteiger partial charge on any atom is 0.407 e. The fourth-order valence-electron chi connectivity index (χ4n) is 10.8. The van der Waals surface area contributed by atoms with Gasteiger partial charge in [0.05, 0.1) is 6.54 Å². The van der Waals surface area contributed by atoms with Crippen LogP contribution in [0.1, 0.15) is 60.8 Å². The van der Waals surface area contributed by atoms with E-state index in [4.69, 9.17) is 15.2 Å². The molecule has 20 nitrogen and oxygen atoms in total. The minimum atomic E-state index is -1.31. The zero-order valence-electron chi connectivity index (χ0n) is 45.2. The minimum Gasteiger partial charge on any atom is -0.457 e. The quantitative estimate of drug-likeness (QED) is 0.0630. The number of aromatic amines is 1. The highest BCUT2D eigenvalue weighted by Crippen LogP contribution is 2.27. The van der Waals surface area contributed by atoms with Gasteiger partial charge in [-0.05, 0) is 123 Å². The summed E-state index contributed by atoms with van der Waals surface area (Å²) >= 11 is 0. The summed E-state index contributed by atoms with van der Waals surface area (Å²) in [7, 11) is 0. The number of para-hydroxylation sites is 2. The lowest BCUT2D eigenvalue weighted by molar-refractivity contribution is -0.143. The molecule has 0 aliphatic carbocycles. The van der Waals surface area contributed by atoms with Crippen molar-refractivity contribution in [2.24, 2.45) is 11.7 Å². The fourth-order valence-corrected chi connectivity index (χ4v) is 10.8. The van der Waals surface area contributed by atoms with Crippen molar-refractivity contribution in [3.8, 4) is 11.5 Å². The van der Waals surface area contributed by atoms with Gasteiger partial charge in [0.15, 0.2) is 0 Å². The molecular formula is C61H71N11O9. The summed E-state index contributed by atoms with van der Waals surface area (Å²) in [6.45, 7) is 1.42. The predicted molar refractivity (Wildman–Crippen MR) is 303 cm³/mol. The third-order valence-corrected chi connectivity index (χ3v) is 15.2. The summed E-state index contributed by atoms with van der Waals surface area (Å²) in [6.07, 6.45) is 5.43. The van der Waals surface area contributed by atoms with E-state index in [2.05, 4.69) is 47.2 Å². The molecule has 4 aromatic carbocycles. The SMILES string of the molecule is NCCNC(=O)O[C@@H]1C[C@H]2C(=O)N[C@@H](CCc3ccccc3)C(=O)N[C@H](Cc3c[nH]c4ccccc34)C(=O)N[C@@H](CC3CCNCC3)C(=O)N[C@@H](Cc3ccc(Oc4ccccc4)cc3)C(=O)N[C@@H](CCc3cccnc3)C(=O)N2C1. The number of fused-ring (bicyclic) bond motifs is 2. The van der Waals surface area contributed by atoms with Gasteiger partial charge in [0.25, 0.3) is 0 Å². The molecule has 0 spiro atoms. The van der Waals surface area contributed by atoms with E-state index in [1.54, 1.807) is 48.9 Å². The van der Waals surface area contributed by atoms with Crippen LogP contribution < -0.4 is 47.7 Å². The number of ether oxygens (including phenoxy) is 2. The average Bonchev–Trinajstić information content (AvgIpc) is 4.28. The van der Waals surface area contributed by atoms with Crippen molar-refractivity contribution >= 4 is 52.4 Å². The van der Waals surface area contributed by atoms with E-state index >= 15 is 28.8 Å². The lowest BCUT2D eigenvalue weighted by Crippen LogP contribution is -2.62. The number of amides is 7. The molecule has 0 radical (unpaired) electrons. The second-order valence-electron chi connectivity index (χ2n) is 21.0. The first-order valence-corrected chi connectivity index (χ1v) is 27.9. The molecule has 81 heavy (non-hydrogen) atoms. The highest BCUT2D eigenvalue weighted by Gasteiger charge is 2.45. The number of aryl methyl sites for hydroxylation is 2. The predicted octanol–water partition coefficient (Wildman–Crippen LogP) is 3.89. The first-order valence-electron chi connectivity index (χ1n) is 27.9. The minimum absolute atomic E-state index is 0.00574. The number of piperidine rings is 1. The summed E-state index contributed by atoms with van der Waals surface area (Å²) in [5.41, 5.74) is 9.48. The third kappa shape index (κ3) is 15.8. The monoisotopic (exact) mass is 1100 g/mol. The highest BCUT2D eigenvalue weighted by molar-refractivity contribution is 5.99. The van der Waals surface area contributed by atoms with E-state index in [0.29, 0.717) is 42.1 Å². The van der Waals surface area contributed by atoms with E-state index in [1.807, 2.05) is 91.0 Å². The summed E-state index contributed by atoms with van der Waals surface area (Å²) in [6, 6.07) is 29.3. The van der Waals surface area contributed by atoms with Crippen LogP contribution in [0.25, 0.3) is 10.9 Å². The average molecular weight is 1100 g/mol. The smallest absolute Gasteiger partial charge is 0.407 e. The van der Waals surface area contributed by atoms with Gasteiger partial charge in [-0.2, -0.15) is 0 Å². The van der Waals surface area contributed by atoms with Crippen molar-refractivity contribution in [1.29, 1.82) is 0 Å². The van der Waals surface area contributed by atoms with E-state index in [9.17, 15) is 4.79 Å². The van der Waals surface area contributed by atoms with Gasteiger partial charge in [0.2, 0.25) is 35.4 Å². The molecule has 3 fully saturated rings. The first-order chi connectivity index (χ1) is 39.5. The molecular weight excluding hydrogens is 1030 g/mol. The molecule has 0 saturated carbocycles. The summed E-state index contributed by atoms with van der Waals surface area (Å²) in [5, 5.41) is 21.7. The summed E-state index contributed by atoms with van der Waals surface area (Å²) < 4.78 is 11.8. The highest BCUT2D eigenvalue weighted by atomic mass is 16.6. The van der Waals surface area contributed by atoms with Crippen LogP contribution in [0.3, 0.4) is 0 Å². The topological polar surface area (TPSA) is 280 Å². The van der Waals surface area contributed by atoms with Gasteiger partial charge in [-0.25, -0.2) is 4.79 Å². The Kier molecular flexibility index (Phi) is 19.7. The van der Waals surface area contributed by atoms with Crippen LogP contribution >= 0.6 is 0 Å². The molecule has 0 bridgehead atoms. The molecule has 20 heteroatoms. The van der Waals surface area contributed by atoms with E-state index in [0.717, 1.165) is 34.9 Å². The standard InChI is InChI=1S/C61H71N11O9/c62-27-31-65-61(79)81-46-35-54-59(77)67-49(23-19-39-10-3-1-4-11-39)55(73)71-53(34-43-37-66-48-16-8-7-15-47(43)48)58(76)70-52(33-41-25-29-63-30-26-41)57(75)69-51(32-40-17-21-45(22-18-40)80-44-13-5-2-6-14-44)56(74)68-50(60(78)72(54)38-46)24-20-42-12-9-28-64-36-42/h1-18,21-22,28,36-37,41,46,49-54,63,66H,19-20,23-27,29-35,38,62H2,(H,65,79)(H,67,77)(H,68,74)(H,69,75)(H,70,76)(H,71,73)/t46-,49+,50+,51+,52+,53-,54+/m1/s1. The van der Waals surface area contributed by atoms with Gasteiger partial charge in [0.1, 0.15) is 53.9 Å². The Morgan fingerprint density at radius 2 is 1.23 bits per heavy atom. The van der Waals surface area contributed by atoms with Crippen molar-refractivity contribution in [2.75, 3.05) is 32.7 Å². The maximum atomic E-state index is 15.4. The molecule has 7 amide bonds. The van der Waals surface area contributed by atoms with Crippen molar-refractivity contribution in [1.82, 2.24) is 52.1 Å². The van der Waals surface area contributed by atoms with Crippen LogP contribution in [-0.2, 0) is 59.2 Å². The largest absolute Gasteiger partial charge is 0.457 e. The Hall–Kier alpha value is -8.62. The zero-order chi connectivity index (χ0) is 56.5. The van der Waals surface area contributed by atoms with Crippen LogP contribution in [0.5, 0.6) is 11.5 Å². The molecule has 3 saturated heterocycles. The second kappa shape index (κ2) is 28.0. The number of aromatic nitrogens is 2. The Morgan fingerprint density at radius 1 is 0.630 bits per heavy atom. The van der Waals surface area contributed by atoms with Crippen LogP contribution in [0.2, 0.25) is 0 Å². The molecule has 9 rings (SSSR count). The number of rotatable bonds is 17. The molecule has 424 valence electrons. The molecule has 0 unspecified atom stereocenters. The number of carbonyl (C=O) groups is 7. The van der Waals surface area contributed by atoms with Crippen LogP contribution in [0.15, 0.2) is 140 Å². The lowest BCUT2D eigenvalue weighted by Gasteiger charge is -2.32. The molecule has 2 aromatic heterocycles. The van der Waals surface area contributed by atoms with Crippen molar-refractivity contribution in [3.05, 3.63) is 162 Å². The number of nitrogens with one attached hydrogen (secondary N) is 8. The molecule has 10 N–H and O–H groups in total. The summed E-state index contributed by atoms with van der Waals surface area (Å²) in [5.74, 6) is -2.87. The number of carbonyl (C=O) groups excluding carboxylic acids is 7. The van der Waals surface area contributed by atoms with E-state index in [1.165, 1.54) is 4.90 Å². The molecule has 3 aliphatic heterocycles. The normalized spacial score (nSPS) is 22.5. The van der Waals surface area contributed by atoms with Gasteiger partial charge >= 0.3 is 6.09 Å². The number of hydrogen-bond acceptors (Lipinski definition) is 12. The van der Waals surface area contributed by atoms with Gasteiger partial charge in [-0.3, -0.25) is 33.8 Å². The Labute approximate surface area is 470 Å². The second-order valence-corrected chi connectivity index (χ2v) is 21.0. The van der Waals surface area contributed by atoms with Gasteiger partial charge < -0.3 is 62.3 Å². The number of pyridine rings is 1. The molecule has 5 heterocycles. The molecule has 3 aliphatic rings. The number of H-pyrrole nitrogens is 1. The Balaban J connectivity index is 1.11. The maximum absolute atomic E-state index is 15.4. The number of benzene rings is 4. The first kappa shape index (κ1) is 57.1. The number of hydrogen-bond donors (Lipinski definition) is 9. The van der Waals surface area contributed by atoms with Gasteiger partial charge in [-0.15, -0.1) is 0 Å². The number of alkyl carbamates (subject to hydrolysis) is 1. The number of nitrogens with two attached hydrogens (primary N) is 1.